The van der Waals surface area contributed by atoms with E-state index < -0.39 is 92.3 Å². The first-order valence-electron chi connectivity index (χ1n) is 18.8. The Kier molecular flexibility index (Phi) is 9.87. The first-order chi connectivity index (χ1) is 27.5. The molecule has 0 saturated heterocycles. The highest BCUT2D eigenvalue weighted by molar-refractivity contribution is 7.98. The van der Waals surface area contributed by atoms with Gasteiger partial charge in [-0.1, -0.05) is 23.6 Å². The molecule has 5 aromatic rings. The van der Waals surface area contributed by atoms with Gasteiger partial charge in [-0.25, -0.2) is 13.8 Å². The lowest BCUT2D eigenvalue weighted by Gasteiger charge is -2.22. The summed E-state index contributed by atoms with van der Waals surface area (Å²) >= 11 is 6.72. The highest BCUT2D eigenvalue weighted by Crippen LogP contribution is 2.68. The Balaban J connectivity index is 1.28. The van der Waals surface area contributed by atoms with E-state index in [1.165, 1.54) is 10.9 Å². The molecule has 8 rings (SSSR count). The number of rotatable bonds is 11. The second kappa shape index (κ2) is 14.2. The van der Waals surface area contributed by atoms with E-state index in [1.807, 2.05) is 0 Å². The number of nitrogens with zero attached hydrogens (tertiary/aromatic N) is 5. The third-order valence-electron chi connectivity index (χ3n) is 11.3. The van der Waals surface area contributed by atoms with Crippen molar-refractivity contribution in [3.63, 3.8) is 0 Å². The quantitative estimate of drug-likeness (QED) is 0.0815. The summed E-state index contributed by atoms with van der Waals surface area (Å²) in [6.45, 7) is 0.638. The van der Waals surface area contributed by atoms with Crippen molar-refractivity contribution in [2.45, 2.75) is 80.9 Å². The minimum Gasteiger partial charge on any atom is -0.378 e. The molecule has 3 aromatic heterocycles. The van der Waals surface area contributed by atoms with Crippen molar-refractivity contribution in [1.82, 2.24) is 24.5 Å². The zero-order chi connectivity index (χ0) is 42.6. The lowest BCUT2D eigenvalue weighted by molar-refractivity contribution is -0.142. The molecule has 17 heteroatoms. The van der Waals surface area contributed by atoms with Gasteiger partial charge < -0.3 is 5.11 Å². The average molecular weight is 860 g/mol. The van der Waals surface area contributed by atoms with Crippen LogP contribution in [0, 0.1) is 35.3 Å². The molecule has 0 radical (unpaired) electrons. The van der Waals surface area contributed by atoms with Gasteiger partial charge >= 0.3 is 6.18 Å². The van der Waals surface area contributed by atoms with Crippen molar-refractivity contribution >= 4 is 43.7 Å². The van der Waals surface area contributed by atoms with E-state index in [2.05, 4.69) is 27.9 Å². The maximum absolute atomic E-state index is 15.5. The molecule has 5 atom stereocenters. The van der Waals surface area contributed by atoms with E-state index in [0.29, 0.717) is 38.5 Å². The number of fused-ring (bicyclic) bond motifs is 4. The zero-order valence-electron chi connectivity index (χ0n) is 31.9. The number of aliphatic hydroxyl groups is 1. The van der Waals surface area contributed by atoms with E-state index in [1.54, 1.807) is 38.2 Å². The van der Waals surface area contributed by atoms with Crippen molar-refractivity contribution in [2.24, 2.45) is 18.9 Å². The van der Waals surface area contributed by atoms with Crippen LogP contribution in [0.25, 0.3) is 22.0 Å². The van der Waals surface area contributed by atoms with Crippen LogP contribution in [0.1, 0.15) is 84.0 Å². The zero-order valence-corrected chi connectivity index (χ0v) is 33.5. The minimum absolute atomic E-state index is 0.00987. The molecule has 0 amide bonds. The normalized spacial score (nSPS) is 20.6. The molecule has 2 aromatic carbocycles. The van der Waals surface area contributed by atoms with Gasteiger partial charge in [0.25, 0.3) is 5.92 Å². The Labute approximate surface area is 339 Å². The predicted molar refractivity (Wildman–Crippen MR) is 208 cm³/mol. The summed E-state index contributed by atoms with van der Waals surface area (Å²) < 4.78 is 117. The van der Waals surface area contributed by atoms with E-state index >= 15 is 8.78 Å². The molecular weight excluding hydrogens is 823 g/mol. The van der Waals surface area contributed by atoms with E-state index in [-0.39, 0.29) is 46.5 Å². The highest BCUT2D eigenvalue weighted by Gasteiger charge is 2.68. The summed E-state index contributed by atoms with van der Waals surface area (Å²) in [5.41, 5.74) is -2.16. The molecular formula is C42H37ClF7N5O3S. The fourth-order valence-corrected chi connectivity index (χ4v) is 9.51. The van der Waals surface area contributed by atoms with Gasteiger partial charge in [-0.15, -0.1) is 0 Å². The van der Waals surface area contributed by atoms with E-state index in [4.69, 9.17) is 16.6 Å². The van der Waals surface area contributed by atoms with Crippen molar-refractivity contribution in [3.05, 3.63) is 98.7 Å². The summed E-state index contributed by atoms with van der Waals surface area (Å²) in [5, 5.41) is 19.8. The Hall–Kier alpha value is -4.72. The molecule has 3 aliphatic carbocycles. The number of carbonyl (C=O) groups excluding carboxylic acids is 1. The monoisotopic (exact) mass is 859 g/mol. The molecule has 2 fully saturated rings. The first kappa shape index (κ1) is 41.0. The Morgan fingerprint density at radius 3 is 2.42 bits per heavy atom. The van der Waals surface area contributed by atoms with Gasteiger partial charge in [0.05, 0.1) is 27.7 Å². The molecule has 3 aliphatic rings. The lowest BCUT2D eigenvalue weighted by atomic mass is 9.86. The number of carbonyl (C=O) groups is 1. The van der Waals surface area contributed by atoms with Gasteiger partial charge in [-0.2, -0.15) is 32.1 Å². The average Bonchev–Trinajstić information content (AvgIpc) is 4.04. The molecule has 3 heterocycles. The van der Waals surface area contributed by atoms with Gasteiger partial charge in [-0.3, -0.25) is 18.4 Å². The third kappa shape index (κ3) is 7.89. The fraction of sp³-hybridized carbons (Fsp3) is 0.405. The first-order valence-corrected chi connectivity index (χ1v) is 21.4. The summed E-state index contributed by atoms with van der Waals surface area (Å²) in [4.78, 5) is 19.0. The molecule has 2 saturated carbocycles. The number of hydrogen-bond acceptors (Lipinski definition) is 6. The van der Waals surface area contributed by atoms with Gasteiger partial charge in [0.2, 0.25) is 0 Å². The number of alkyl halides is 5. The molecule has 0 bridgehead atoms. The maximum atomic E-state index is 15.5. The van der Waals surface area contributed by atoms with Gasteiger partial charge in [0.1, 0.15) is 35.2 Å². The molecule has 1 N–H and O–H groups in total. The van der Waals surface area contributed by atoms with Crippen LogP contribution in [0.2, 0.25) is 5.02 Å². The molecule has 0 spiro atoms. The van der Waals surface area contributed by atoms with Crippen molar-refractivity contribution in [2.75, 3.05) is 6.26 Å². The summed E-state index contributed by atoms with van der Waals surface area (Å²) in [5.74, 6) is -0.216. The number of Topliss-reactive ketones (excluding diaryl/α,β-unsaturated/α-hetero) is 1. The summed E-state index contributed by atoms with van der Waals surface area (Å²) in [6, 6.07) is 9.31. The fourth-order valence-electron chi connectivity index (χ4n) is 8.47. The lowest BCUT2D eigenvalue weighted by Crippen LogP contribution is -2.24. The van der Waals surface area contributed by atoms with Crippen LogP contribution in [-0.2, 0) is 52.2 Å². The Bertz CT molecular complexity index is 2730. The smallest absolute Gasteiger partial charge is 0.378 e. The SMILES string of the molecule is C=S(C)(=O)Cc1nn(C)c2c(-c3ccc(C#CC(C)(O)C4CC4)nc3[C@@H](CC(=O)Cn3nc(C(F)(F)F)c4c3C(F)(F)[C@@H]3C[C@H]43)Cc3cc(F)cc(F)c3)ccc(Cl)c12. The number of hydrogen-bond donors (Lipinski definition) is 1. The number of halogens is 8. The number of ketones is 1. The second-order valence-corrected chi connectivity index (χ2v) is 19.3. The van der Waals surface area contributed by atoms with Gasteiger partial charge in [-0.05, 0) is 102 Å². The van der Waals surface area contributed by atoms with Gasteiger partial charge in [0, 0.05) is 59.7 Å². The summed E-state index contributed by atoms with van der Waals surface area (Å²) in [6.07, 6.45) is -2.91. The molecule has 8 nitrogen and oxygen atoms in total. The standard InChI is InChI=1S/C42H37ClF7N5O3S/c1-40(57,23-5-6-23)12-11-26-7-8-28(29-9-10-32(43)35-33(20-59(3,4)58)52-54(2)37(29)35)36(51-26)22(13-21-14-24(44)17-25(45)15-21)16-27(56)19-55-39-34(38(53-55)42(48,49)50)30-18-31(30)41(39,46)47/h7-10,14-15,17,22-23,30-31,57H,3,5-6,13,16,18-20H2,1-2,4H3/t22-,30+,31-,40?,59?/m1/s1. The van der Waals surface area contributed by atoms with Gasteiger partial charge in [0.15, 0.2) is 11.5 Å². The number of aromatic nitrogens is 5. The molecule has 2 unspecified atom stereocenters. The van der Waals surface area contributed by atoms with Crippen LogP contribution in [0.4, 0.5) is 30.7 Å². The molecule has 0 aliphatic heterocycles. The van der Waals surface area contributed by atoms with Crippen LogP contribution in [0.15, 0.2) is 42.5 Å². The number of benzene rings is 2. The molecule has 310 valence electrons. The summed E-state index contributed by atoms with van der Waals surface area (Å²) in [7, 11) is -0.948. The van der Waals surface area contributed by atoms with Crippen molar-refractivity contribution in [3.8, 4) is 23.0 Å². The van der Waals surface area contributed by atoms with Crippen LogP contribution < -0.4 is 0 Å². The Morgan fingerprint density at radius 1 is 1.10 bits per heavy atom. The number of pyridine rings is 1. The topological polar surface area (TPSA) is 103 Å². The van der Waals surface area contributed by atoms with Crippen LogP contribution in [0.3, 0.4) is 0 Å². The number of aryl methyl sites for hydroxylation is 1. The molecule has 59 heavy (non-hydrogen) atoms. The van der Waals surface area contributed by atoms with Crippen molar-refractivity contribution in [1.29, 1.82) is 0 Å². The minimum atomic E-state index is -5.04. The van der Waals surface area contributed by atoms with E-state index in [9.17, 15) is 36.1 Å². The maximum Gasteiger partial charge on any atom is 0.435 e. The van der Waals surface area contributed by atoms with Crippen LogP contribution >= 0.6 is 11.6 Å². The largest absolute Gasteiger partial charge is 0.435 e. The second-order valence-electron chi connectivity index (χ2n) is 16.3. The van der Waals surface area contributed by atoms with Crippen LogP contribution in [0.5, 0.6) is 0 Å². The predicted octanol–water partition coefficient (Wildman–Crippen LogP) is 8.34. The van der Waals surface area contributed by atoms with Crippen molar-refractivity contribution < 1.29 is 44.8 Å². The van der Waals surface area contributed by atoms with Crippen LogP contribution in [-0.4, -0.2) is 57.4 Å². The highest BCUT2D eigenvalue weighted by atomic mass is 35.5. The Morgan fingerprint density at radius 2 is 1.78 bits per heavy atom. The van der Waals surface area contributed by atoms with E-state index in [0.717, 1.165) is 25.0 Å². The third-order valence-corrected chi connectivity index (χ3v) is 12.5.